The van der Waals surface area contributed by atoms with E-state index in [9.17, 15) is 9.50 Å². The van der Waals surface area contributed by atoms with Gasteiger partial charge in [0.25, 0.3) is 0 Å². The fraction of sp³-hybridized carbons (Fsp3) is 0.269. The number of oxime groups is 1. The van der Waals surface area contributed by atoms with E-state index in [0.717, 1.165) is 28.8 Å². The number of rotatable bonds is 9. The molecule has 1 heterocycles. The summed E-state index contributed by atoms with van der Waals surface area (Å²) in [6.45, 7) is 1.72. The number of halogens is 1. The molecule has 0 saturated carbocycles. The molecule has 3 aromatic rings. The molecule has 0 fully saturated rings. The van der Waals surface area contributed by atoms with Crippen LogP contribution in [-0.2, 0) is 17.8 Å². The van der Waals surface area contributed by atoms with Gasteiger partial charge in [-0.1, -0.05) is 78.0 Å². The first-order valence-corrected chi connectivity index (χ1v) is 10.6. The number of aliphatic hydroxyl groups is 1. The zero-order valence-electron chi connectivity index (χ0n) is 17.4. The Hall–Kier alpha value is -3.02. The minimum Gasteiger partial charge on any atom is -0.391 e. The standard InChI is InChI=1S/C26H27FN2O2/c27-23-13-11-21(12-14-23)17-29(18-24(30)15-20-7-3-1-4-8-20)19-25-16-26(28-31-25)22-9-5-2-6-10-22/h1-14,24-25,30H,15-19H2. The molecule has 2 unspecified atom stereocenters. The summed E-state index contributed by atoms with van der Waals surface area (Å²) in [6.07, 6.45) is 0.704. The molecule has 1 N–H and O–H groups in total. The van der Waals surface area contributed by atoms with Crippen LogP contribution in [0.1, 0.15) is 23.1 Å². The molecule has 1 aliphatic heterocycles. The summed E-state index contributed by atoms with van der Waals surface area (Å²) < 4.78 is 13.3. The van der Waals surface area contributed by atoms with Gasteiger partial charge in [-0.2, -0.15) is 0 Å². The van der Waals surface area contributed by atoms with Gasteiger partial charge in [0.15, 0.2) is 0 Å². The summed E-state index contributed by atoms with van der Waals surface area (Å²) in [5.41, 5.74) is 4.11. The summed E-state index contributed by atoms with van der Waals surface area (Å²) in [6, 6.07) is 26.5. The third kappa shape index (κ3) is 6.23. The molecule has 0 radical (unpaired) electrons. The van der Waals surface area contributed by atoms with Gasteiger partial charge in [0.1, 0.15) is 11.9 Å². The van der Waals surface area contributed by atoms with Gasteiger partial charge in [-0.05, 0) is 35.2 Å². The average Bonchev–Trinajstić information content (AvgIpc) is 3.25. The molecular formula is C26H27FN2O2. The van der Waals surface area contributed by atoms with Crippen LogP contribution in [0.15, 0.2) is 90.1 Å². The van der Waals surface area contributed by atoms with Crippen LogP contribution in [0.3, 0.4) is 0 Å². The van der Waals surface area contributed by atoms with Gasteiger partial charge in [0.05, 0.1) is 11.8 Å². The third-order valence-electron chi connectivity index (χ3n) is 5.40. The van der Waals surface area contributed by atoms with E-state index in [-0.39, 0.29) is 11.9 Å². The Kier molecular flexibility index (Phi) is 7.07. The predicted octanol–water partition coefficient (Wildman–Crippen LogP) is 4.42. The lowest BCUT2D eigenvalue weighted by molar-refractivity contribution is 0.0322. The molecule has 0 aliphatic carbocycles. The highest BCUT2D eigenvalue weighted by Crippen LogP contribution is 2.19. The molecule has 4 nitrogen and oxygen atoms in total. The van der Waals surface area contributed by atoms with Crippen LogP contribution in [0.4, 0.5) is 4.39 Å². The quantitative estimate of drug-likeness (QED) is 0.559. The fourth-order valence-electron chi connectivity index (χ4n) is 3.92. The summed E-state index contributed by atoms with van der Waals surface area (Å²) in [5, 5.41) is 15.0. The molecule has 160 valence electrons. The molecule has 0 amide bonds. The second kappa shape index (κ2) is 10.3. The van der Waals surface area contributed by atoms with Gasteiger partial charge < -0.3 is 9.94 Å². The number of hydrogen-bond acceptors (Lipinski definition) is 4. The van der Waals surface area contributed by atoms with Crippen molar-refractivity contribution in [2.45, 2.75) is 31.6 Å². The van der Waals surface area contributed by atoms with Gasteiger partial charge in [0.2, 0.25) is 0 Å². The van der Waals surface area contributed by atoms with Crippen LogP contribution < -0.4 is 0 Å². The van der Waals surface area contributed by atoms with Crippen molar-refractivity contribution in [1.82, 2.24) is 4.90 Å². The molecule has 3 aromatic carbocycles. The second-order valence-electron chi connectivity index (χ2n) is 8.00. The van der Waals surface area contributed by atoms with E-state index in [1.165, 1.54) is 12.1 Å². The van der Waals surface area contributed by atoms with Crippen LogP contribution >= 0.6 is 0 Å². The Labute approximate surface area is 182 Å². The zero-order valence-corrected chi connectivity index (χ0v) is 17.4. The Balaban J connectivity index is 1.40. The van der Waals surface area contributed by atoms with Gasteiger partial charge in [-0.15, -0.1) is 0 Å². The molecule has 4 rings (SSSR count). The van der Waals surface area contributed by atoms with Crippen molar-refractivity contribution in [2.24, 2.45) is 5.16 Å². The van der Waals surface area contributed by atoms with Crippen molar-refractivity contribution in [3.8, 4) is 0 Å². The van der Waals surface area contributed by atoms with E-state index in [2.05, 4.69) is 10.1 Å². The van der Waals surface area contributed by atoms with Crippen LogP contribution in [0.25, 0.3) is 0 Å². The highest BCUT2D eigenvalue weighted by molar-refractivity contribution is 6.01. The molecule has 0 aromatic heterocycles. The van der Waals surface area contributed by atoms with Gasteiger partial charge >= 0.3 is 0 Å². The molecule has 1 aliphatic rings. The lowest BCUT2D eigenvalue weighted by Gasteiger charge is -2.27. The van der Waals surface area contributed by atoms with Crippen LogP contribution in [0, 0.1) is 5.82 Å². The first-order chi connectivity index (χ1) is 15.2. The third-order valence-corrected chi connectivity index (χ3v) is 5.40. The minimum atomic E-state index is -0.515. The first-order valence-electron chi connectivity index (χ1n) is 10.6. The molecule has 0 spiro atoms. The van der Waals surface area contributed by atoms with Crippen molar-refractivity contribution < 1.29 is 14.3 Å². The first kappa shape index (κ1) is 21.2. The molecular weight excluding hydrogens is 391 g/mol. The summed E-state index contributed by atoms with van der Waals surface area (Å²) >= 11 is 0. The Morgan fingerprint density at radius 3 is 2.32 bits per heavy atom. The maximum atomic E-state index is 13.3. The molecule has 0 bridgehead atoms. The van der Waals surface area contributed by atoms with Crippen molar-refractivity contribution >= 4 is 5.71 Å². The van der Waals surface area contributed by atoms with Gasteiger partial charge in [-0.3, -0.25) is 4.90 Å². The second-order valence-corrected chi connectivity index (χ2v) is 8.00. The molecule has 31 heavy (non-hydrogen) atoms. The van der Waals surface area contributed by atoms with Crippen molar-refractivity contribution in [3.63, 3.8) is 0 Å². The molecule has 0 saturated heterocycles. The van der Waals surface area contributed by atoms with Crippen LogP contribution in [0.5, 0.6) is 0 Å². The Morgan fingerprint density at radius 1 is 0.935 bits per heavy atom. The predicted molar refractivity (Wildman–Crippen MR) is 120 cm³/mol. The molecule has 2 atom stereocenters. The Bertz CT molecular complexity index is 977. The summed E-state index contributed by atoms with van der Waals surface area (Å²) in [5.74, 6) is -0.251. The topological polar surface area (TPSA) is 45.1 Å². The van der Waals surface area contributed by atoms with E-state index in [4.69, 9.17) is 4.84 Å². The lowest BCUT2D eigenvalue weighted by Crippen LogP contribution is -2.38. The number of hydrogen-bond donors (Lipinski definition) is 1. The molecule has 5 heteroatoms. The van der Waals surface area contributed by atoms with E-state index >= 15 is 0 Å². The highest BCUT2D eigenvalue weighted by atomic mass is 19.1. The van der Waals surface area contributed by atoms with E-state index in [1.807, 2.05) is 60.7 Å². The van der Waals surface area contributed by atoms with Crippen molar-refractivity contribution in [3.05, 3.63) is 107 Å². The largest absolute Gasteiger partial charge is 0.391 e. The normalized spacial score (nSPS) is 16.7. The van der Waals surface area contributed by atoms with E-state index in [0.29, 0.717) is 26.1 Å². The summed E-state index contributed by atoms with van der Waals surface area (Å²) in [7, 11) is 0. The van der Waals surface area contributed by atoms with E-state index < -0.39 is 6.10 Å². The van der Waals surface area contributed by atoms with Crippen LogP contribution in [0.2, 0.25) is 0 Å². The SMILES string of the molecule is OC(Cc1ccccc1)CN(Cc1ccc(F)cc1)CC1CC(c2ccccc2)=NO1. The maximum Gasteiger partial charge on any atom is 0.145 e. The number of benzene rings is 3. The highest BCUT2D eigenvalue weighted by Gasteiger charge is 2.25. The van der Waals surface area contributed by atoms with Crippen LogP contribution in [-0.4, -0.2) is 41.0 Å². The van der Waals surface area contributed by atoms with Gasteiger partial charge in [0, 0.05) is 26.1 Å². The number of nitrogens with zero attached hydrogens (tertiary/aromatic N) is 2. The van der Waals surface area contributed by atoms with Crippen molar-refractivity contribution in [1.29, 1.82) is 0 Å². The maximum absolute atomic E-state index is 13.3. The van der Waals surface area contributed by atoms with Crippen molar-refractivity contribution in [2.75, 3.05) is 13.1 Å². The smallest absolute Gasteiger partial charge is 0.145 e. The zero-order chi connectivity index (χ0) is 21.5. The van der Waals surface area contributed by atoms with E-state index in [1.54, 1.807) is 12.1 Å². The van der Waals surface area contributed by atoms with Gasteiger partial charge in [-0.25, -0.2) is 4.39 Å². The lowest BCUT2D eigenvalue weighted by atomic mass is 10.0. The minimum absolute atomic E-state index is 0.0837. The Morgan fingerprint density at radius 2 is 1.61 bits per heavy atom. The average molecular weight is 419 g/mol. The number of aliphatic hydroxyl groups excluding tert-OH is 1. The summed E-state index contributed by atoms with van der Waals surface area (Å²) in [4.78, 5) is 7.87. The monoisotopic (exact) mass is 418 g/mol. The fourth-order valence-corrected chi connectivity index (χ4v) is 3.92.